The zero-order valence-electron chi connectivity index (χ0n) is 11.3. The van der Waals surface area contributed by atoms with Crippen LogP contribution >= 0.6 is 0 Å². The van der Waals surface area contributed by atoms with Crippen LogP contribution in [0.25, 0.3) is 0 Å². The van der Waals surface area contributed by atoms with Gasteiger partial charge in [0, 0.05) is 6.04 Å². The Kier molecular flexibility index (Phi) is 3.32. The molecule has 0 saturated heterocycles. The fourth-order valence-electron chi connectivity index (χ4n) is 2.81. The second-order valence-corrected chi connectivity index (χ2v) is 5.27. The predicted molar refractivity (Wildman–Crippen MR) is 74.9 cm³/mol. The van der Waals surface area contributed by atoms with Gasteiger partial charge in [0.1, 0.15) is 5.76 Å². The molecule has 1 heterocycles. The number of benzene rings is 1. The zero-order chi connectivity index (χ0) is 14.1. The molecule has 2 N–H and O–H groups in total. The molecule has 20 heavy (non-hydrogen) atoms. The van der Waals surface area contributed by atoms with Crippen molar-refractivity contribution in [2.75, 3.05) is 0 Å². The van der Waals surface area contributed by atoms with Gasteiger partial charge in [-0.3, -0.25) is 0 Å². The lowest BCUT2D eigenvalue weighted by Crippen LogP contribution is -2.31. The molecule has 1 aromatic heterocycles. The number of carboxylic acids is 1. The number of nitrogens with one attached hydrogen (secondary N) is 1. The number of rotatable bonds is 4. The molecule has 0 amide bonds. The van der Waals surface area contributed by atoms with Crippen LogP contribution in [0.4, 0.5) is 0 Å². The lowest BCUT2D eigenvalue weighted by atomic mass is 10.1. The van der Waals surface area contributed by atoms with E-state index >= 15 is 0 Å². The summed E-state index contributed by atoms with van der Waals surface area (Å²) in [5, 5.41) is 12.4. The van der Waals surface area contributed by atoms with Crippen molar-refractivity contribution in [3.63, 3.8) is 0 Å². The maximum atomic E-state index is 10.8. The summed E-state index contributed by atoms with van der Waals surface area (Å²) in [5.41, 5.74) is 2.78. The van der Waals surface area contributed by atoms with Crippen LogP contribution < -0.4 is 5.32 Å². The van der Waals surface area contributed by atoms with E-state index in [4.69, 9.17) is 9.52 Å². The minimum absolute atomic E-state index is 0.00223. The number of hydrogen-bond donors (Lipinski definition) is 2. The van der Waals surface area contributed by atoms with Crippen LogP contribution in [0.2, 0.25) is 0 Å². The lowest BCUT2D eigenvalue weighted by molar-refractivity contribution is 0.0659. The summed E-state index contributed by atoms with van der Waals surface area (Å²) >= 11 is 0. The Bertz CT molecular complexity index is 607. The first-order valence-corrected chi connectivity index (χ1v) is 6.79. The fraction of sp³-hybridized carbons (Fsp3) is 0.312. The van der Waals surface area contributed by atoms with E-state index in [1.807, 2.05) is 6.92 Å². The maximum absolute atomic E-state index is 10.8. The van der Waals surface area contributed by atoms with Crippen LogP contribution in [0.15, 0.2) is 40.8 Å². The van der Waals surface area contributed by atoms with Crippen LogP contribution in [0.5, 0.6) is 0 Å². The fourth-order valence-corrected chi connectivity index (χ4v) is 2.81. The smallest absolute Gasteiger partial charge is 0.371 e. The van der Waals surface area contributed by atoms with E-state index in [1.165, 1.54) is 17.2 Å². The highest BCUT2D eigenvalue weighted by molar-refractivity contribution is 5.84. The highest BCUT2D eigenvalue weighted by Crippen LogP contribution is 2.24. The van der Waals surface area contributed by atoms with Gasteiger partial charge in [-0.1, -0.05) is 24.3 Å². The third-order valence-electron chi connectivity index (χ3n) is 3.80. The van der Waals surface area contributed by atoms with E-state index in [-0.39, 0.29) is 11.8 Å². The van der Waals surface area contributed by atoms with Gasteiger partial charge in [-0.25, -0.2) is 4.79 Å². The van der Waals surface area contributed by atoms with Crippen molar-refractivity contribution < 1.29 is 14.3 Å². The second kappa shape index (κ2) is 5.13. The Labute approximate surface area is 117 Å². The standard InChI is InChI=1S/C16H17NO3/c1-10(14-6-7-15(20-14)16(18)19)17-13-8-11-4-2-3-5-12(11)9-13/h2-7,10,13,17H,8-9H2,1H3,(H,18,19). The Hall–Kier alpha value is -2.07. The molecular weight excluding hydrogens is 254 g/mol. The quantitative estimate of drug-likeness (QED) is 0.897. The van der Waals surface area contributed by atoms with Gasteiger partial charge in [0.25, 0.3) is 0 Å². The number of hydrogen-bond acceptors (Lipinski definition) is 3. The van der Waals surface area contributed by atoms with Crippen molar-refractivity contribution in [2.24, 2.45) is 0 Å². The monoisotopic (exact) mass is 271 g/mol. The van der Waals surface area contributed by atoms with E-state index in [0.29, 0.717) is 11.8 Å². The van der Waals surface area contributed by atoms with Crippen molar-refractivity contribution in [2.45, 2.75) is 31.8 Å². The lowest BCUT2D eigenvalue weighted by Gasteiger charge is -2.17. The molecule has 0 radical (unpaired) electrons. The highest BCUT2D eigenvalue weighted by atomic mass is 16.4. The van der Waals surface area contributed by atoms with E-state index in [0.717, 1.165) is 12.8 Å². The van der Waals surface area contributed by atoms with Gasteiger partial charge in [0.2, 0.25) is 5.76 Å². The molecule has 2 aromatic rings. The van der Waals surface area contributed by atoms with Crippen LogP contribution in [-0.2, 0) is 12.8 Å². The van der Waals surface area contributed by atoms with Crippen molar-refractivity contribution in [1.82, 2.24) is 5.32 Å². The number of fused-ring (bicyclic) bond motifs is 1. The van der Waals surface area contributed by atoms with Gasteiger partial charge >= 0.3 is 5.97 Å². The molecule has 0 aliphatic heterocycles. The first-order valence-electron chi connectivity index (χ1n) is 6.79. The zero-order valence-corrected chi connectivity index (χ0v) is 11.3. The Balaban J connectivity index is 1.65. The number of aromatic carboxylic acids is 1. The topological polar surface area (TPSA) is 62.5 Å². The molecule has 0 bridgehead atoms. The van der Waals surface area contributed by atoms with Gasteiger partial charge in [0.05, 0.1) is 6.04 Å². The van der Waals surface area contributed by atoms with E-state index < -0.39 is 5.97 Å². The molecule has 1 aromatic carbocycles. The van der Waals surface area contributed by atoms with Gasteiger partial charge in [-0.2, -0.15) is 0 Å². The summed E-state index contributed by atoms with van der Waals surface area (Å²) in [4.78, 5) is 10.8. The minimum Gasteiger partial charge on any atom is -0.475 e. The SMILES string of the molecule is CC(NC1Cc2ccccc2C1)c1ccc(C(=O)O)o1. The summed E-state index contributed by atoms with van der Waals surface area (Å²) in [6.45, 7) is 1.99. The maximum Gasteiger partial charge on any atom is 0.371 e. The van der Waals surface area contributed by atoms with Crippen molar-refractivity contribution >= 4 is 5.97 Å². The number of carbonyl (C=O) groups is 1. The van der Waals surface area contributed by atoms with Crippen LogP contribution in [0.3, 0.4) is 0 Å². The molecule has 0 spiro atoms. The number of furan rings is 1. The van der Waals surface area contributed by atoms with Crippen LogP contribution in [-0.4, -0.2) is 17.1 Å². The molecule has 1 atom stereocenters. The minimum atomic E-state index is -1.03. The van der Waals surface area contributed by atoms with E-state index in [9.17, 15) is 4.79 Å². The molecule has 4 nitrogen and oxygen atoms in total. The summed E-state index contributed by atoms with van der Waals surface area (Å²) in [6, 6.07) is 12.1. The summed E-state index contributed by atoms with van der Waals surface area (Å²) < 4.78 is 5.33. The molecule has 1 unspecified atom stereocenters. The number of carboxylic acid groups (broad SMARTS) is 1. The van der Waals surface area contributed by atoms with Gasteiger partial charge in [-0.15, -0.1) is 0 Å². The molecule has 0 fully saturated rings. The van der Waals surface area contributed by atoms with Gasteiger partial charge < -0.3 is 14.8 Å². The third kappa shape index (κ3) is 2.47. The summed E-state index contributed by atoms with van der Waals surface area (Å²) in [7, 11) is 0. The summed E-state index contributed by atoms with van der Waals surface area (Å²) in [6.07, 6.45) is 2.01. The van der Waals surface area contributed by atoms with Gasteiger partial charge in [-0.05, 0) is 43.0 Å². The van der Waals surface area contributed by atoms with Crippen LogP contribution in [0, 0.1) is 0 Å². The Morgan fingerprint density at radius 3 is 2.45 bits per heavy atom. The normalized spacial score (nSPS) is 16.1. The van der Waals surface area contributed by atoms with E-state index in [1.54, 1.807) is 6.07 Å². The van der Waals surface area contributed by atoms with Crippen molar-refractivity contribution in [3.8, 4) is 0 Å². The molecule has 1 aliphatic rings. The molecule has 104 valence electrons. The third-order valence-corrected chi connectivity index (χ3v) is 3.80. The highest BCUT2D eigenvalue weighted by Gasteiger charge is 2.23. The van der Waals surface area contributed by atoms with Gasteiger partial charge in [0.15, 0.2) is 0 Å². The van der Waals surface area contributed by atoms with Crippen LogP contribution in [0.1, 0.15) is 40.4 Å². The van der Waals surface area contributed by atoms with Crippen molar-refractivity contribution in [3.05, 3.63) is 59.0 Å². The summed E-state index contributed by atoms with van der Waals surface area (Å²) in [5.74, 6) is -0.376. The molecule has 1 aliphatic carbocycles. The molecule has 3 rings (SSSR count). The average molecular weight is 271 g/mol. The van der Waals surface area contributed by atoms with E-state index in [2.05, 4.69) is 29.6 Å². The first-order chi connectivity index (χ1) is 9.63. The Morgan fingerprint density at radius 2 is 1.90 bits per heavy atom. The molecular formula is C16H17NO3. The Morgan fingerprint density at radius 1 is 1.25 bits per heavy atom. The predicted octanol–water partition coefficient (Wildman–Crippen LogP) is 2.80. The second-order valence-electron chi connectivity index (χ2n) is 5.27. The van der Waals surface area contributed by atoms with Crippen molar-refractivity contribution in [1.29, 1.82) is 0 Å². The largest absolute Gasteiger partial charge is 0.475 e. The first kappa shape index (κ1) is 12.9. The molecule has 0 saturated carbocycles. The molecule has 4 heteroatoms. The average Bonchev–Trinajstić information content (AvgIpc) is 3.04.